The van der Waals surface area contributed by atoms with Crippen molar-refractivity contribution in [3.63, 3.8) is 0 Å². The fraction of sp³-hybridized carbons (Fsp3) is 0.474. The molecule has 3 rings (SSSR count). The average molecular weight is 374 g/mol. The molecule has 0 amide bonds. The zero-order chi connectivity index (χ0) is 18.2. The average Bonchev–Trinajstić information content (AvgIpc) is 3.10. The molecule has 1 aromatic carbocycles. The molecule has 0 saturated carbocycles. The lowest BCUT2D eigenvalue weighted by Gasteiger charge is -2.30. The van der Waals surface area contributed by atoms with Gasteiger partial charge in [0, 0.05) is 50.7 Å². The molecular weight excluding hydrogens is 346 g/mol. The third kappa shape index (κ3) is 5.19. The van der Waals surface area contributed by atoms with Gasteiger partial charge in [0.05, 0.1) is 23.9 Å². The van der Waals surface area contributed by atoms with Crippen LogP contribution in [0.15, 0.2) is 34.6 Å². The van der Waals surface area contributed by atoms with Gasteiger partial charge in [-0.15, -0.1) is 11.3 Å². The molecule has 1 saturated heterocycles. The van der Waals surface area contributed by atoms with Gasteiger partial charge in [-0.1, -0.05) is 18.2 Å². The Morgan fingerprint density at radius 2 is 2.08 bits per heavy atom. The van der Waals surface area contributed by atoms with E-state index < -0.39 is 0 Å². The van der Waals surface area contributed by atoms with Gasteiger partial charge in [-0.2, -0.15) is 0 Å². The summed E-state index contributed by atoms with van der Waals surface area (Å²) in [5.41, 5.74) is 3.68. The first-order chi connectivity index (χ1) is 12.8. The van der Waals surface area contributed by atoms with Crippen LogP contribution in [-0.4, -0.2) is 50.8 Å². The molecule has 2 heterocycles. The molecule has 0 atom stereocenters. The molecule has 0 unspecified atom stereocenters. The van der Waals surface area contributed by atoms with Crippen LogP contribution < -0.4 is 15.5 Å². The first-order valence-corrected chi connectivity index (χ1v) is 9.90. The number of nitrogens with zero attached hydrogens (tertiary/aromatic N) is 3. The number of aliphatic imine (C=N–C) groups is 1. The van der Waals surface area contributed by atoms with Crippen molar-refractivity contribution in [2.24, 2.45) is 4.99 Å². The van der Waals surface area contributed by atoms with Crippen molar-refractivity contribution >= 4 is 23.0 Å². The summed E-state index contributed by atoms with van der Waals surface area (Å²) in [6.07, 6.45) is 0.898. The summed E-state index contributed by atoms with van der Waals surface area (Å²) in [6.45, 7) is 7.06. The Morgan fingerprint density at radius 1 is 1.27 bits per heavy atom. The van der Waals surface area contributed by atoms with Crippen molar-refractivity contribution in [1.82, 2.24) is 15.6 Å². The summed E-state index contributed by atoms with van der Waals surface area (Å²) < 4.78 is 5.47. The molecule has 1 aliphatic heterocycles. The van der Waals surface area contributed by atoms with Crippen molar-refractivity contribution in [2.45, 2.75) is 19.9 Å². The molecule has 0 spiro atoms. The minimum Gasteiger partial charge on any atom is -0.378 e. The molecule has 26 heavy (non-hydrogen) atoms. The van der Waals surface area contributed by atoms with Gasteiger partial charge in [-0.05, 0) is 18.6 Å². The van der Waals surface area contributed by atoms with Crippen LogP contribution in [0.4, 0.5) is 5.69 Å². The number of nitrogens with one attached hydrogen (secondary N) is 2. The van der Waals surface area contributed by atoms with E-state index in [1.165, 1.54) is 11.3 Å². The lowest BCUT2D eigenvalue weighted by atomic mass is 10.1. The lowest BCUT2D eigenvalue weighted by Crippen LogP contribution is -2.39. The van der Waals surface area contributed by atoms with E-state index in [1.54, 1.807) is 18.4 Å². The molecule has 0 radical (unpaired) electrons. The highest BCUT2D eigenvalue weighted by atomic mass is 32.1. The first kappa shape index (κ1) is 18.7. The molecule has 1 aliphatic rings. The molecule has 0 aliphatic carbocycles. The van der Waals surface area contributed by atoms with Crippen LogP contribution in [0.25, 0.3) is 0 Å². The maximum atomic E-state index is 5.47. The van der Waals surface area contributed by atoms with Crippen molar-refractivity contribution in [1.29, 1.82) is 0 Å². The lowest BCUT2D eigenvalue weighted by molar-refractivity contribution is 0.122. The Morgan fingerprint density at radius 3 is 2.81 bits per heavy atom. The number of guanidine groups is 1. The first-order valence-electron chi connectivity index (χ1n) is 9.02. The number of anilines is 1. The van der Waals surface area contributed by atoms with Gasteiger partial charge >= 0.3 is 0 Å². The normalized spacial score (nSPS) is 15.2. The van der Waals surface area contributed by atoms with Crippen molar-refractivity contribution < 1.29 is 4.74 Å². The Balaban J connectivity index is 1.52. The molecule has 2 N–H and O–H groups in total. The van der Waals surface area contributed by atoms with Crippen LogP contribution >= 0.6 is 11.3 Å². The van der Waals surface area contributed by atoms with Crippen LogP contribution in [0.1, 0.15) is 16.3 Å². The minimum atomic E-state index is 0.739. The van der Waals surface area contributed by atoms with E-state index in [0.717, 1.165) is 62.5 Å². The smallest absolute Gasteiger partial charge is 0.191 e. The fourth-order valence-electron chi connectivity index (χ4n) is 3.00. The summed E-state index contributed by atoms with van der Waals surface area (Å²) in [5.74, 6) is 0.814. The highest BCUT2D eigenvalue weighted by Crippen LogP contribution is 2.21. The van der Waals surface area contributed by atoms with Gasteiger partial charge in [0.2, 0.25) is 0 Å². The van der Waals surface area contributed by atoms with Crippen molar-refractivity contribution in [3.05, 3.63) is 45.9 Å². The molecule has 0 bridgehead atoms. The van der Waals surface area contributed by atoms with E-state index in [1.807, 2.05) is 6.92 Å². The monoisotopic (exact) mass is 373 g/mol. The second kappa shape index (κ2) is 9.54. The molecule has 2 aromatic rings. The molecular formula is C19H27N5OS. The number of hydrogen-bond acceptors (Lipinski definition) is 5. The second-order valence-corrected chi connectivity index (χ2v) is 7.25. The molecule has 1 fully saturated rings. The maximum absolute atomic E-state index is 5.47. The fourth-order valence-corrected chi connectivity index (χ4v) is 3.65. The standard InChI is InChI=1S/C19H27N5OS/c1-15-23-17(14-26-15)7-8-21-19(20-2)22-13-16-5-3-4-6-18(16)24-9-11-25-12-10-24/h3-6,14H,7-13H2,1-2H3,(H2,20,21,22). The maximum Gasteiger partial charge on any atom is 0.191 e. The van der Waals surface area contributed by atoms with Gasteiger partial charge in [0.15, 0.2) is 5.96 Å². The Kier molecular flexibility index (Phi) is 6.85. The van der Waals surface area contributed by atoms with Gasteiger partial charge in [0.25, 0.3) is 0 Å². The van der Waals surface area contributed by atoms with E-state index >= 15 is 0 Å². The quantitative estimate of drug-likeness (QED) is 0.600. The predicted octanol–water partition coefficient (Wildman–Crippen LogP) is 2.20. The summed E-state index contributed by atoms with van der Waals surface area (Å²) in [4.78, 5) is 11.2. The van der Waals surface area contributed by atoms with Gasteiger partial charge in [-0.3, -0.25) is 4.99 Å². The number of aryl methyl sites for hydroxylation is 1. The van der Waals surface area contributed by atoms with Crippen molar-refractivity contribution in [2.75, 3.05) is 44.8 Å². The van der Waals surface area contributed by atoms with Gasteiger partial charge < -0.3 is 20.3 Å². The predicted molar refractivity (Wildman–Crippen MR) is 108 cm³/mol. The Hall–Kier alpha value is -2.12. The number of para-hydroxylation sites is 1. The van der Waals surface area contributed by atoms with E-state index in [2.05, 4.69) is 55.2 Å². The molecule has 140 valence electrons. The van der Waals surface area contributed by atoms with Crippen LogP contribution in [0.3, 0.4) is 0 Å². The molecule has 7 heteroatoms. The third-order valence-electron chi connectivity index (χ3n) is 4.35. The second-order valence-electron chi connectivity index (χ2n) is 6.19. The van der Waals surface area contributed by atoms with Crippen LogP contribution in [-0.2, 0) is 17.7 Å². The summed E-state index contributed by atoms with van der Waals surface area (Å²) in [6, 6.07) is 8.53. The number of aromatic nitrogens is 1. The van der Waals surface area contributed by atoms with Crippen LogP contribution in [0, 0.1) is 6.92 Å². The number of ether oxygens (including phenoxy) is 1. The highest BCUT2D eigenvalue weighted by molar-refractivity contribution is 7.09. The minimum absolute atomic E-state index is 0.739. The van der Waals surface area contributed by atoms with E-state index in [0.29, 0.717) is 0 Å². The number of morpholine rings is 1. The molecule has 6 nitrogen and oxygen atoms in total. The zero-order valence-corrected chi connectivity index (χ0v) is 16.3. The summed E-state index contributed by atoms with van der Waals surface area (Å²) in [5, 5.41) is 10.0. The number of rotatable bonds is 6. The van der Waals surface area contributed by atoms with Crippen LogP contribution in [0.2, 0.25) is 0 Å². The van der Waals surface area contributed by atoms with Crippen molar-refractivity contribution in [3.8, 4) is 0 Å². The summed E-state index contributed by atoms with van der Waals surface area (Å²) >= 11 is 1.69. The van der Waals surface area contributed by atoms with Crippen LogP contribution in [0.5, 0.6) is 0 Å². The number of benzene rings is 1. The van der Waals surface area contributed by atoms with Gasteiger partial charge in [0.1, 0.15) is 0 Å². The SMILES string of the molecule is CN=C(NCCc1csc(C)n1)NCc1ccccc1N1CCOCC1. The Bertz CT molecular complexity index is 724. The highest BCUT2D eigenvalue weighted by Gasteiger charge is 2.14. The largest absolute Gasteiger partial charge is 0.378 e. The third-order valence-corrected chi connectivity index (χ3v) is 5.18. The van der Waals surface area contributed by atoms with E-state index in [-0.39, 0.29) is 0 Å². The number of hydrogen-bond donors (Lipinski definition) is 2. The summed E-state index contributed by atoms with van der Waals surface area (Å²) in [7, 11) is 1.80. The van der Waals surface area contributed by atoms with E-state index in [9.17, 15) is 0 Å². The Labute approximate surface area is 159 Å². The zero-order valence-electron chi connectivity index (χ0n) is 15.5. The topological polar surface area (TPSA) is 61.8 Å². The van der Waals surface area contributed by atoms with E-state index in [4.69, 9.17) is 4.74 Å². The van der Waals surface area contributed by atoms with Gasteiger partial charge in [-0.25, -0.2) is 4.98 Å². The molecule has 1 aromatic heterocycles. The number of thiazole rings is 1.